The molecule has 17 heavy (non-hydrogen) atoms. The van der Waals surface area contributed by atoms with Crippen molar-refractivity contribution in [2.45, 2.75) is 39.8 Å². The first-order chi connectivity index (χ1) is 8.22. The van der Waals surface area contributed by atoms with Crippen molar-refractivity contribution in [1.82, 2.24) is 14.7 Å². The van der Waals surface area contributed by atoms with Gasteiger partial charge in [-0.25, -0.2) is 0 Å². The van der Waals surface area contributed by atoms with Gasteiger partial charge in [0, 0.05) is 19.6 Å². The molecule has 1 aromatic rings. The number of hydrogen-bond acceptors (Lipinski definition) is 3. The second-order valence-electron chi connectivity index (χ2n) is 4.80. The highest BCUT2D eigenvalue weighted by Crippen LogP contribution is 2.18. The van der Waals surface area contributed by atoms with Crippen LogP contribution in [0.15, 0.2) is 6.07 Å². The molecule has 1 fully saturated rings. The number of likely N-dealkylation sites (tertiary alicyclic amines) is 1. The fourth-order valence-corrected chi connectivity index (χ4v) is 2.53. The van der Waals surface area contributed by atoms with E-state index in [0.717, 1.165) is 44.7 Å². The zero-order valence-electron chi connectivity index (χ0n) is 10.7. The van der Waals surface area contributed by atoms with Gasteiger partial charge in [-0.15, -0.1) is 0 Å². The molecule has 2 rings (SSSR count). The van der Waals surface area contributed by atoms with Gasteiger partial charge in [0.2, 0.25) is 0 Å². The van der Waals surface area contributed by atoms with Crippen LogP contribution in [-0.4, -0.2) is 27.8 Å². The summed E-state index contributed by atoms with van der Waals surface area (Å²) < 4.78 is 2.06. The average molecular weight is 232 g/mol. The molecule has 1 unspecified atom stereocenters. The second kappa shape index (κ2) is 5.33. The quantitative estimate of drug-likeness (QED) is 0.800. The van der Waals surface area contributed by atoms with Crippen LogP contribution in [0.1, 0.15) is 31.2 Å². The number of aromatic nitrogens is 2. The van der Waals surface area contributed by atoms with E-state index in [1.165, 1.54) is 5.69 Å². The molecule has 4 nitrogen and oxygen atoms in total. The Morgan fingerprint density at radius 3 is 3.12 bits per heavy atom. The summed E-state index contributed by atoms with van der Waals surface area (Å²) in [5.41, 5.74) is 2.35. The van der Waals surface area contributed by atoms with Crippen LogP contribution in [0.4, 0.5) is 0 Å². The summed E-state index contributed by atoms with van der Waals surface area (Å²) in [7, 11) is 0. The van der Waals surface area contributed by atoms with Crippen LogP contribution in [0, 0.1) is 24.2 Å². The average Bonchev–Trinajstić information content (AvgIpc) is 2.69. The molecule has 0 aromatic carbocycles. The van der Waals surface area contributed by atoms with Crippen molar-refractivity contribution in [3.8, 4) is 6.07 Å². The van der Waals surface area contributed by atoms with E-state index in [1.807, 2.05) is 6.92 Å². The molecule has 0 amide bonds. The van der Waals surface area contributed by atoms with Gasteiger partial charge in [-0.05, 0) is 39.3 Å². The molecule has 92 valence electrons. The number of rotatable bonds is 3. The van der Waals surface area contributed by atoms with Crippen LogP contribution in [0.25, 0.3) is 0 Å². The van der Waals surface area contributed by atoms with Crippen molar-refractivity contribution in [1.29, 1.82) is 5.26 Å². The van der Waals surface area contributed by atoms with Crippen LogP contribution >= 0.6 is 0 Å². The molecule has 1 saturated heterocycles. The maximum absolute atomic E-state index is 8.99. The van der Waals surface area contributed by atoms with Crippen molar-refractivity contribution >= 4 is 0 Å². The Hall–Kier alpha value is -1.34. The first-order valence-electron chi connectivity index (χ1n) is 6.38. The molecule has 1 aliphatic heterocycles. The number of nitrogens with zero attached hydrogens (tertiary/aromatic N) is 4. The molecule has 2 heterocycles. The van der Waals surface area contributed by atoms with Gasteiger partial charge in [-0.2, -0.15) is 10.4 Å². The molecule has 0 aliphatic carbocycles. The van der Waals surface area contributed by atoms with Crippen molar-refractivity contribution in [3.05, 3.63) is 17.5 Å². The summed E-state index contributed by atoms with van der Waals surface area (Å²) in [6, 6.07) is 4.54. The fourth-order valence-electron chi connectivity index (χ4n) is 2.53. The largest absolute Gasteiger partial charge is 0.296 e. The highest BCUT2D eigenvalue weighted by Gasteiger charge is 2.20. The molecular formula is C13H20N4. The highest BCUT2D eigenvalue weighted by atomic mass is 15.3. The van der Waals surface area contributed by atoms with Crippen molar-refractivity contribution in [2.75, 3.05) is 13.1 Å². The van der Waals surface area contributed by atoms with Crippen molar-refractivity contribution in [2.24, 2.45) is 5.92 Å². The van der Waals surface area contributed by atoms with Crippen LogP contribution in [0.2, 0.25) is 0 Å². The van der Waals surface area contributed by atoms with Crippen LogP contribution < -0.4 is 0 Å². The molecule has 0 radical (unpaired) electrons. The maximum Gasteiger partial charge on any atom is 0.0669 e. The predicted molar refractivity (Wildman–Crippen MR) is 66.3 cm³/mol. The third kappa shape index (κ3) is 2.86. The lowest BCUT2D eigenvalue weighted by atomic mass is 10.00. The minimum atomic E-state index is 0.211. The standard InChI is InChI=1S/C13H20N4/c1-3-17-13(7-11(2)15-17)10-16-6-4-5-12(8-14)9-16/h7,12H,3-6,9-10H2,1-2H3. The van der Waals surface area contributed by atoms with E-state index in [2.05, 4.69) is 33.7 Å². The van der Waals surface area contributed by atoms with E-state index < -0.39 is 0 Å². The summed E-state index contributed by atoms with van der Waals surface area (Å²) in [5, 5.41) is 13.4. The van der Waals surface area contributed by atoms with Gasteiger partial charge >= 0.3 is 0 Å². The molecular weight excluding hydrogens is 212 g/mol. The van der Waals surface area contributed by atoms with Crippen molar-refractivity contribution < 1.29 is 0 Å². The number of hydrogen-bond donors (Lipinski definition) is 0. The Kier molecular flexibility index (Phi) is 3.80. The lowest BCUT2D eigenvalue weighted by Crippen LogP contribution is -2.34. The lowest BCUT2D eigenvalue weighted by molar-refractivity contribution is 0.187. The van der Waals surface area contributed by atoms with Crippen LogP contribution in [-0.2, 0) is 13.1 Å². The van der Waals surface area contributed by atoms with Gasteiger partial charge in [0.15, 0.2) is 0 Å². The monoisotopic (exact) mass is 232 g/mol. The number of nitriles is 1. The Balaban J connectivity index is 2.02. The minimum Gasteiger partial charge on any atom is -0.296 e. The first-order valence-corrected chi connectivity index (χ1v) is 6.38. The third-order valence-electron chi connectivity index (χ3n) is 3.36. The third-order valence-corrected chi connectivity index (χ3v) is 3.36. The number of piperidine rings is 1. The van der Waals surface area contributed by atoms with Gasteiger partial charge < -0.3 is 0 Å². The van der Waals surface area contributed by atoms with Crippen LogP contribution in [0.3, 0.4) is 0 Å². The Bertz CT molecular complexity index is 416. The smallest absolute Gasteiger partial charge is 0.0669 e. The molecule has 0 saturated carbocycles. The zero-order valence-corrected chi connectivity index (χ0v) is 10.7. The Morgan fingerprint density at radius 1 is 1.59 bits per heavy atom. The van der Waals surface area contributed by atoms with Crippen LogP contribution in [0.5, 0.6) is 0 Å². The van der Waals surface area contributed by atoms with E-state index in [0.29, 0.717) is 0 Å². The van der Waals surface area contributed by atoms with E-state index in [4.69, 9.17) is 5.26 Å². The van der Waals surface area contributed by atoms with E-state index in [9.17, 15) is 0 Å². The molecule has 4 heteroatoms. The lowest BCUT2D eigenvalue weighted by Gasteiger charge is -2.29. The summed E-state index contributed by atoms with van der Waals surface area (Å²) >= 11 is 0. The Morgan fingerprint density at radius 2 is 2.41 bits per heavy atom. The second-order valence-corrected chi connectivity index (χ2v) is 4.80. The normalized spacial score (nSPS) is 21.4. The minimum absolute atomic E-state index is 0.211. The molecule has 1 atom stereocenters. The summed E-state index contributed by atoms with van der Waals surface area (Å²) in [5.74, 6) is 0.211. The number of aryl methyl sites for hydroxylation is 2. The summed E-state index contributed by atoms with van der Waals surface area (Å²) in [6.07, 6.45) is 2.19. The molecule has 0 spiro atoms. The van der Waals surface area contributed by atoms with Gasteiger partial charge in [-0.3, -0.25) is 9.58 Å². The van der Waals surface area contributed by atoms with Gasteiger partial charge in [0.1, 0.15) is 0 Å². The Labute approximate surface area is 103 Å². The highest BCUT2D eigenvalue weighted by molar-refractivity contribution is 5.09. The van der Waals surface area contributed by atoms with Gasteiger partial charge in [-0.1, -0.05) is 0 Å². The molecule has 0 bridgehead atoms. The molecule has 1 aromatic heterocycles. The van der Waals surface area contributed by atoms with Gasteiger partial charge in [0.25, 0.3) is 0 Å². The molecule has 0 N–H and O–H groups in total. The first kappa shape index (κ1) is 12.1. The predicted octanol–water partition coefficient (Wildman–Crippen LogP) is 1.95. The van der Waals surface area contributed by atoms with Crippen molar-refractivity contribution in [3.63, 3.8) is 0 Å². The maximum atomic E-state index is 8.99. The van der Waals surface area contributed by atoms with E-state index in [1.54, 1.807) is 0 Å². The fraction of sp³-hybridized carbons (Fsp3) is 0.692. The molecule has 1 aliphatic rings. The van der Waals surface area contributed by atoms with E-state index >= 15 is 0 Å². The van der Waals surface area contributed by atoms with Gasteiger partial charge in [0.05, 0.1) is 23.4 Å². The summed E-state index contributed by atoms with van der Waals surface area (Å²) in [6.45, 7) is 8.00. The SMILES string of the molecule is CCn1nc(C)cc1CN1CCCC(C#N)C1. The van der Waals surface area contributed by atoms with E-state index in [-0.39, 0.29) is 5.92 Å². The summed E-state index contributed by atoms with van der Waals surface area (Å²) in [4.78, 5) is 2.38. The zero-order chi connectivity index (χ0) is 12.3. The topological polar surface area (TPSA) is 44.9 Å².